The van der Waals surface area contributed by atoms with Crippen LogP contribution in [-0.4, -0.2) is 24.8 Å². The zero-order chi connectivity index (χ0) is 14.9. The molecule has 0 saturated heterocycles. The summed E-state index contributed by atoms with van der Waals surface area (Å²) in [5.74, 6) is 0. The lowest BCUT2D eigenvalue weighted by Crippen LogP contribution is -2.29. The van der Waals surface area contributed by atoms with Gasteiger partial charge in [0.2, 0.25) is 10.0 Å². The average Bonchev–Trinajstić information content (AvgIpc) is 2.84. The van der Waals surface area contributed by atoms with Gasteiger partial charge in [-0.2, -0.15) is 4.31 Å². The number of sulfonamides is 1. The van der Waals surface area contributed by atoms with Crippen molar-refractivity contribution in [3.63, 3.8) is 0 Å². The maximum atomic E-state index is 12.5. The van der Waals surface area contributed by atoms with Crippen LogP contribution in [0.1, 0.15) is 22.7 Å². The number of aromatic nitrogens is 1. The van der Waals surface area contributed by atoms with Crippen molar-refractivity contribution in [2.24, 2.45) is 0 Å². The van der Waals surface area contributed by atoms with E-state index >= 15 is 0 Å². The quantitative estimate of drug-likeness (QED) is 0.806. The zero-order valence-electron chi connectivity index (χ0n) is 11.4. The van der Waals surface area contributed by atoms with Crippen LogP contribution in [0.2, 0.25) is 5.15 Å². The van der Waals surface area contributed by atoms with Gasteiger partial charge < -0.3 is 0 Å². The molecule has 0 aliphatic rings. The minimum atomic E-state index is -3.58. The zero-order valence-corrected chi connectivity index (χ0v) is 13.8. The van der Waals surface area contributed by atoms with Crippen molar-refractivity contribution in [3.05, 3.63) is 45.4 Å². The van der Waals surface area contributed by atoms with Crippen molar-refractivity contribution in [3.8, 4) is 0 Å². The van der Waals surface area contributed by atoms with Gasteiger partial charge in [-0.1, -0.05) is 11.6 Å². The van der Waals surface area contributed by atoms with E-state index in [2.05, 4.69) is 4.98 Å². The number of thiophene rings is 1. The Bertz CT molecular complexity index is 695. The first kappa shape index (κ1) is 15.4. The monoisotopic (exact) mass is 330 g/mol. The van der Waals surface area contributed by atoms with Crippen molar-refractivity contribution < 1.29 is 8.42 Å². The summed E-state index contributed by atoms with van der Waals surface area (Å²) < 4.78 is 26.4. The van der Waals surface area contributed by atoms with Crippen molar-refractivity contribution >= 4 is 33.0 Å². The fourth-order valence-electron chi connectivity index (χ4n) is 1.75. The van der Waals surface area contributed by atoms with Gasteiger partial charge in [0, 0.05) is 23.0 Å². The summed E-state index contributed by atoms with van der Waals surface area (Å²) in [5.41, 5.74) is 0. The highest BCUT2D eigenvalue weighted by Gasteiger charge is 2.27. The Morgan fingerprint density at radius 3 is 2.50 bits per heavy atom. The summed E-state index contributed by atoms with van der Waals surface area (Å²) >= 11 is 7.28. The van der Waals surface area contributed by atoms with E-state index in [9.17, 15) is 8.42 Å². The van der Waals surface area contributed by atoms with Crippen molar-refractivity contribution in [2.75, 3.05) is 7.05 Å². The largest absolute Gasteiger partial charge is 0.244 e. The highest BCUT2D eigenvalue weighted by molar-refractivity contribution is 7.89. The summed E-state index contributed by atoms with van der Waals surface area (Å²) in [6.45, 7) is 3.87. The van der Waals surface area contributed by atoms with E-state index in [1.165, 1.54) is 22.6 Å². The Morgan fingerprint density at radius 2 is 2.00 bits per heavy atom. The van der Waals surface area contributed by atoms with Crippen LogP contribution in [0.3, 0.4) is 0 Å². The fourth-order valence-corrected chi connectivity index (χ4v) is 4.19. The molecule has 0 radical (unpaired) electrons. The van der Waals surface area contributed by atoms with Gasteiger partial charge in [0.25, 0.3) is 0 Å². The molecule has 0 amide bonds. The van der Waals surface area contributed by atoms with E-state index < -0.39 is 10.0 Å². The van der Waals surface area contributed by atoms with Gasteiger partial charge in [-0.05, 0) is 38.1 Å². The first-order valence-electron chi connectivity index (χ1n) is 5.98. The van der Waals surface area contributed by atoms with E-state index in [1.807, 2.05) is 26.0 Å². The molecule has 20 heavy (non-hydrogen) atoms. The summed E-state index contributed by atoms with van der Waals surface area (Å²) in [4.78, 5) is 6.14. The molecule has 7 heteroatoms. The van der Waals surface area contributed by atoms with Crippen LogP contribution < -0.4 is 0 Å². The molecule has 2 rings (SSSR count). The fraction of sp³-hybridized carbons (Fsp3) is 0.308. The maximum Gasteiger partial charge on any atom is 0.244 e. The van der Waals surface area contributed by atoms with Gasteiger partial charge >= 0.3 is 0 Å². The molecule has 0 fully saturated rings. The Morgan fingerprint density at radius 1 is 1.30 bits per heavy atom. The van der Waals surface area contributed by atoms with E-state index in [0.717, 1.165) is 9.75 Å². The normalized spacial score (nSPS) is 13.7. The third-order valence-electron chi connectivity index (χ3n) is 3.10. The Balaban J connectivity index is 2.31. The Hall–Kier alpha value is -0.950. The van der Waals surface area contributed by atoms with Crippen LogP contribution in [0.5, 0.6) is 0 Å². The number of hydrogen-bond acceptors (Lipinski definition) is 4. The maximum absolute atomic E-state index is 12.5. The van der Waals surface area contributed by atoms with Gasteiger partial charge in [0.1, 0.15) is 10.0 Å². The highest BCUT2D eigenvalue weighted by atomic mass is 35.5. The number of rotatable bonds is 4. The molecule has 0 bridgehead atoms. The molecule has 1 atom stereocenters. The number of aryl methyl sites for hydroxylation is 1. The Kier molecular flexibility index (Phi) is 4.49. The van der Waals surface area contributed by atoms with Crippen LogP contribution >= 0.6 is 22.9 Å². The van der Waals surface area contributed by atoms with Crippen molar-refractivity contribution in [1.29, 1.82) is 0 Å². The van der Waals surface area contributed by atoms with Crippen molar-refractivity contribution in [2.45, 2.75) is 24.8 Å². The first-order chi connectivity index (χ1) is 9.32. The molecule has 0 saturated carbocycles. The Labute approximate surface area is 128 Å². The second-order valence-corrected chi connectivity index (χ2v) is 8.17. The second kappa shape index (κ2) is 5.81. The highest BCUT2D eigenvalue weighted by Crippen LogP contribution is 2.30. The van der Waals surface area contributed by atoms with Crippen LogP contribution in [0.15, 0.2) is 35.4 Å². The lowest BCUT2D eigenvalue weighted by Gasteiger charge is -2.23. The van der Waals surface area contributed by atoms with Gasteiger partial charge in [-0.25, -0.2) is 13.4 Å². The standard InChI is InChI=1S/C13H15ClN2O2S2/c1-9-4-6-12(19-9)10(2)16(3)20(17,18)11-5-7-13(14)15-8-11/h4-8,10H,1-3H3. The molecule has 0 aliphatic carbocycles. The minimum absolute atomic E-state index is 0.143. The molecule has 2 heterocycles. The molecule has 0 spiro atoms. The molecule has 1 unspecified atom stereocenters. The lowest BCUT2D eigenvalue weighted by molar-refractivity contribution is 0.402. The van der Waals surface area contributed by atoms with Crippen LogP contribution in [0.25, 0.3) is 0 Å². The molecular weight excluding hydrogens is 316 g/mol. The number of halogens is 1. The summed E-state index contributed by atoms with van der Waals surface area (Å²) in [6.07, 6.45) is 1.28. The SMILES string of the molecule is Cc1ccc(C(C)N(C)S(=O)(=O)c2ccc(Cl)nc2)s1. The van der Waals surface area contributed by atoms with E-state index in [-0.39, 0.29) is 16.1 Å². The second-order valence-electron chi connectivity index (χ2n) is 4.46. The van der Waals surface area contributed by atoms with Gasteiger partial charge in [0.05, 0.1) is 6.04 Å². The van der Waals surface area contributed by atoms with E-state index in [4.69, 9.17) is 11.6 Å². The molecule has 4 nitrogen and oxygen atoms in total. The summed E-state index contributed by atoms with van der Waals surface area (Å²) in [6, 6.07) is 6.65. The molecule has 0 N–H and O–H groups in total. The summed E-state index contributed by atoms with van der Waals surface area (Å²) in [7, 11) is -2.00. The number of pyridine rings is 1. The number of hydrogen-bond donors (Lipinski definition) is 0. The molecule has 0 aromatic carbocycles. The lowest BCUT2D eigenvalue weighted by atomic mass is 10.3. The van der Waals surface area contributed by atoms with Crippen LogP contribution in [-0.2, 0) is 10.0 Å². The van der Waals surface area contributed by atoms with Crippen LogP contribution in [0, 0.1) is 6.92 Å². The van der Waals surface area contributed by atoms with E-state index in [1.54, 1.807) is 18.4 Å². The molecule has 0 aliphatic heterocycles. The number of nitrogens with zero attached hydrogens (tertiary/aromatic N) is 2. The van der Waals surface area contributed by atoms with Gasteiger partial charge in [-0.3, -0.25) is 0 Å². The first-order valence-corrected chi connectivity index (χ1v) is 8.62. The van der Waals surface area contributed by atoms with Gasteiger partial charge in [0.15, 0.2) is 0 Å². The predicted molar refractivity (Wildman–Crippen MR) is 81.7 cm³/mol. The third-order valence-corrected chi connectivity index (χ3v) is 6.40. The summed E-state index contributed by atoms with van der Waals surface area (Å²) in [5, 5.41) is 0.272. The average molecular weight is 331 g/mol. The van der Waals surface area contributed by atoms with Crippen molar-refractivity contribution in [1.82, 2.24) is 9.29 Å². The minimum Gasteiger partial charge on any atom is -0.243 e. The molecule has 2 aromatic rings. The third kappa shape index (κ3) is 3.03. The molecule has 2 aromatic heterocycles. The molecular formula is C13H15ClN2O2S2. The van der Waals surface area contributed by atoms with E-state index in [0.29, 0.717) is 0 Å². The van der Waals surface area contributed by atoms with Gasteiger partial charge in [-0.15, -0.1) is 11.3 Å². The smallest absolute Gasteiger partial charge is 0.243 e. The topological polar surface area (TPSA) is 50.3 Å². The van der Waals surface area contributed by atoms with Crippen LogP contribution in [0.4, 0.5) is 0 Å². The molecule has 108 valence electrons. The predicted octanol–water partition coefficient (Wildman–Crippen LogP) is 3.49.